The van der Waals surface area contributed by atoms with E-state index in [1.165, 1.54) is 19.3 Å². The van der Waals surface area contributed by atoms with Gasteiger partial charge in [-0.1, -0.05) is 23.7 Å². The molecule has 1 aromatic carbocycles. The lowest BCUT2D eigenvalue weighted by Crippen LogP contribution is -2.60. The Bertz CT molecular complexity index is 1070. The molecule has 1 aromatic heterocycles. The maximum Gasteiger partial charge on any atom is 0.458 e. The second kappa shape index (κ2) is 10.6. The summed E-state index contributed by atoms with van der Waals surface area (Å²) in [5.74, 6) is -7.45. The number of halogens is 7. The van der Waals surface area contributed by atoms with Crippen molar-refractivity contribution in [1.82, 2.24) is 15.3 Å². The van der Waals surface area contributed by atoms with Crippen molar-refractivity contribution in [3.63, 3.8) is 0 Å². The highest BCUT2D eigenvalue weighted by Gasteiger charge is 2.58. The zero-order chi connectivity index (χ0) is 26.7. The van der Waals surface area contributed by atoms with E-state index >= 15 is 0 Å². The number of anilines is 1. The molecule has 1 fully saturated rings. The lowest BCUT2D eigenvalue weighted by atomic mass is 9.89. The van der Waals surface area contributed by atoms with Crippen LogP contribution < -0.4 is 10.2 Å². The minimum absolute atomic E-state index is 0.00456. The molecule has 7 nitrogen and oxygen atoms in total. The Kier molecular flexibility index (Phi) is 8.13. The fourth-order valence-corrected chi connectivity index (χ4v) is 3.86. The fraction of sp³-hybridized carbons (Fsp3) is 0.455. The number of benzene rings is 1. The highest BCUT2D eigenvalue weighted by molar-refractivity contribution is 6.32. The highest BCUT2D eigenvalue weighted by Crippen LogP contribution is 2.44. The van der Waals surface area contributed by atoms with Gasteiger partial charge in [-0.2, -0.15) is 22.0 Å². The number of alkyl halides is 7. The van der Waals surface area contributed by atoms with E-state index in [0.29, 0.717) is 43.1 Å². The van der Waals surface area contributed by atoms with Crippen LogP contribution in [0.2, 0.25) is 0 Å². The summed E-state index contributed by atoms with van der Waals surface area (Å²) in [5.41, 5.74) is -6.53. The molecule has 14 heteroatoms. The van der Waals surface area contributed by atoms with Gasteiger partial charge in [-0.25, -0.2) is 14.4 Å². The molecule has 1 saturated heterocycles. The molecule has 2 heterocycles. The predicted molar refractivity (Wildman–Crippen MR) is 116 cm³/mol. The first kappa shape index (κ1) is 27.7. The van der Waals surface area contributed by atoms with Crippen LogP contribution in [0.4, 0.5) is 32.0 Å². The lowest BCUT2D eigenvalue weighted by Gasteiger charge is -2.41. The van der Waals surface area contributed by atoms with Gasteiger partial charge in [-0.3, -0.25) is 14.5 Å². The normalized spacial score (nSPS) is 17.7. The summed E-state index contributed by atoms with van der Waals surface area (Å²) in [7, 11) is 0. The molecular weight excluding hydrogens is 518 g/mol. The smallest absolute Gasteiger partial charge is 0.381 e. The van der Waals surface area contributed by atoms with Crippen molar-refractivity contribution in [2.45, 2.75) is 49.1 Å². The number of aromatic nitrogens is 2. The number of ether oxygens (including phenoxy) is 1. The highest BCUT2D eigenvalue weighted by atomic mass is 35.5. The molecule has 0 bridgehead atoms. The molecule has 1 N–H and O–H groups in total. The van der Waals surface area contributed by atoms with Crippen LogP contribution in [0.3, 0.4) is 0 Å². The van der Waals surface area contributed by atoms with Crippen LogP contribution in [0.5, 0.6) is 0 Å². The van der Waals surface area contributed by atoms with E-state index in [1.807, 2.05) is 0 Å². The summed E-state index contributed by atoms with van der Waals surface area (Å²) in [6.07, 6.45) is -1.47. The molecule has 0 aliphatic carbocycles. The van der Waals surface area contributed by atoms with E-state index in [9.17, 15) is 35.9 Å². The Labute approximate surface area is 206 Å². The lowest BCUT2D eigenvalue weighted by molar-refractivity contribution is -0.289. The molecule has 1 aliphatic rings. The van der Waals surface area contributed by atoms with Crippen LogP contribution in [0.25, 0.3) is 0 Å². The van der Waals surface area contributed by atoms with Crippen molar-refractivity contribution < 1.29 is 40.7 Å². The van der Waals surface area contributed by atoms with Gasteiger partial charge >= 0.3 is 12.1 Å². The number of carbonyl (C=O) groups is 2. The van der Waals surface area contributed by atoms with Crippen LogP contribution in [0, 0.1) is 0 Å². The summed E-state index contributed by atoms with van der Waals surface area (Å²) in [6.45, 7) is 1.96. The summed E-state index contributed by atoms with van der Waals surface area (Å²) < 4.78 is 85.4. The van der Waals surface area contributed by atoms with E-state index < -0.39 is 40.6 Å². The van der Waals surface area contributed by atoms with Gasteiger partial charge in [0.2, 0.25) is 0 Å². The van der Waals surface area contributed by atoms with Gasteiger partial charge < -0.3 is 10.1 Å². The first-order valence-corrected chi connectivity index (χ1v) is 11.0. The molecule has 0 saturated carbocycles. The van der Waals surface area contributed by atoms with Crippen LogP contribution in [-0.2, 0) is 25.8 Å². The van der Waals surface area contributed by atoms with Gasteiger partial charge in [-0.05, 0) is 31.9 Å². The number of rotatable bonds is 7. The number of hydrogen-bond donors (Lipinski definition) is 1. The number of hydrogen-bond acceptors (Lipinski definition) is 5. The first-order chi connectivity index (χ1) is 16.8. The minimum atomic E-state index is -5.87. The van der Waals surface area contributed by atoms with Crippen LogP contribution in [0.15, 0.2) is 43.0 Å². The van der Waals surface area contributed by atoms with Gasteiger partial charge in [0.25, 0.3) is 17.4 Å². The SMILES string of the molecule is C[C@](C(=O)NC1CCOCC1)(c1cncnc1)N(C(=O)[C@H](F)Cl)c1ccc(C(F)(F)C(F)(F)F)cc1. The third kappa shape index (κ3) is 5.41. The van der Waals surface area contributed by atoms with Gasteiger partial charge in [0, 0.05) is 48.5 Å². The van der Waals surface area contributed by atoms with Crippen molar-refractivity contribution in [2.75, 3.05) is 18.1 Å². The van der Waals surface area contributed by atoms with Crippen molar-refractivity contribution in [3.8, 4) is 0 Å². The van der Waals surface area contributed by atoms with Crippen LogP contribution in [-0.4, -0.2) is 52.8 Å². The predicted octanol–water partition coefficient (Wildman–Crippen LogP) is 4.21. The second-order valence-corrected chi connectivity index (χ2v) is 8.54. The first-order valence-electron chi connectivity index (χ1n) is 10.6. The Morgan fingerprint density at radius 1 is 1.06 bits per heavy atom. The van der Waals surface area contributed by atoms with E-state index in [4.69, 9.17) is 16.3 Å². The molecule has 0 unspecified atom stereocenters. The Morgan fingerprint density at radius 3 is 2.11 bits per heavy atom. The fourth-order valence-electron chi connectivity index (χ4n) is 3.77. The minimum Gasteiger partial charge on any atom is -0.381 e. The zero-order valence-corrected chi connectivity index (χ0v) is 19.5. The van der Waals surface area contributed by atoms with Crippen molar-refractivity contribution >= 4 is 29.1 Å². The van der Waals surface area contributed by atoms with Gasteiger partial charge in [0.15, 0.2) is 5.54 Å². The molecule has 3 rings (SSSR count). The van der Waals surface area contributed by atoms with Crippen molar-refractivity contribution in [1.29, 1.82) is 0 Å². The Morgan fingerprint density at radius 2 is 1.61 bits per heavy atom. The molecule has 2 amide bonds. The van der Waals surface area contributed by atoms with Crippen molar-refractivity contribution in [2.24, 2.45) is 0 Å². The van der Waals surface area contributed by atoms with E-state index in [1.54, 1.807) is 0 Å². The number of nitrogens with one attached hydrogen (secondary N) is 1. The van der Waals surface area contributed by atoms with E-state index in [2.05, 4.69) is 15.3 Å². The van der Waals surface area contributed by atoms with Crippen molar-refractivity contribution in [3.05, 3.63) is 54.1 Å². The third-order valence-corrected chi connectivity index (χ3v) is 6.01. The van der Waals surface area contributed by atoms with Gasteiger partial charge in [-0.15, -0.1) is 0 Å². The molecule has 0 spiro atoms. The molecule has 36 heavy (non-hydrogen) atoms. The molecule has 2 atom stereocenters. The summed E-state index contributed by atoms with van der Waals surface area (Å²) in [6, 6.07) is 2.00. The summed E-state index contributed by atoms with van der Waals surface area (Å²) in [4.78, 5) is 34.8. The number of amides is 2. The van der Waals surface area contributed by atoms with Gasteiger partial charge in [0.05, 0.1) is 0 Å². The average Bonchev–Trinajstić information content (AvgIpc) is 2.84. The maximum atomic E-state index is 14.1. The maximum absolute atomic E-state index is 14.1. The van der Waals surface area contributed by atoms with Gasteiger partial charge in [0.1, 0.15) is 6.33 Å². The molecular formula is C22H21ClF6N4O3. The quantitative estimate of drug-likeness (QED) is 0.422. The second-order valence-electron chi connectivity index (χ2n) is 8.15. The third-order valence-electron chi connectivity index (χ3n) is 5.82. The largest absolute Gasteiger partial charge is 0.458 e. The Hall–Kier alpha value is -2.93. The number of nitrogens with zero attached hydrogens (tertiary/aromatic N) is 3. The topological polar surface area (TPSA) is 84.4 Å². The summed E-state index contributed by atoms with van der Waals surface area (Å²) in [5, 5.41) is 2.75. The molecule has 196 valence electrons. The monoisotopic (exact) mass is 538 g/mol. The molecule has 0 radical (unpaired) electrons. The molecule has 1 aliphatic heterocycles. The van der Waals surface area contributed by atoms with E-state index in [-0.39, 0.29) is 17.3 Å². The van der Waals surface area contributed by atoms with Crippen LogP contribution >= 0.6 is 11.6 Å². The molecule has 2 aromatic rings. The Balaban J connectivity index is 2.12. The zero-order valence-electron chi connectivity index (χ0n) is 18.7. The standard InChI is InChI=1S/C22H21ClF6N4O3/c1-20(14-10-30-12-31-11-14,19(35)32-15-6-8-36-9-7-15)33(18(34)17(23)24)16-4-2-13(3-5-16)21(25,26)22(27,28)29/h2-5,10-12,15,17H,6-9H2,1H3,(H,32,35)/t17-,20+/m0/s1. The summed E-state index contributed by atoms with van der Waals surface area (Å²) >= 11 is 5.42. The van der Waals surface area contributed by atoms with E-state index in [0.717, 1.165) is 18.5 Å². The van der Waals surface area contributed by atoms with Crippen LogP contribution in [0.1, 0.15) is 30.9 Å². The average molecular weight is 539 g/mol. The number of carbonyl (C=O) groups excluding carboxylic acids is 2.